The summed E-state index contributed by atoms with van der Waals surface area (Å²) >= 11 is 0. The molecule has 0 aliphatic heterocycles. The smallest absolute Gasteiger partial charge is 0.123 e. The summed E-state index contributed by atoms with van der Waals surface area (Å²) in [6.07, 6.45) is 8.10. The van der Waals surface area contributed by atoms with Gasteiger partial charge in [-0.2, -0.15) is 0 Å². The quantitative estimate of drug-likeness (QED) is 0.738. The van der Waals surface area contributed by atoms with Crippen molar-refractivity contribution < 1.29 is 4.74 Å². The molecule has 1 saturated carbocycles. The molecular formula is C18H30N2O. The van der Waals surface area contributed by atoms with Crippen molar-refractivity contribution in [3.8, 4) is 5.75 Å². The summed E-state index contributed by atoms with van der Waals surface area (Å²) in [6.45, 7) is 6.35. The maximum atomic E-state index is 5.98. The van der Waals surface area contributed by atoms with Gasteiger partial charge < -0.3 is 15.8 Å². The Morgan fingerprint density at radius 1 is 1.19 bits per heavy atom. The van der Waals surface area contributed by atoms with Gasteiger partial charge in [0.15, 0.2) is 0 Å². The fraction of sp³-hybridized carbons (Fsp3) is 0.667. The molecule has 21 heavy (non-hydrogen) atoms. The maximum absolute atomic E-state index is 5.98. The van der Waals surface area contributed by atoms with E-state index in [4.69, 9.17) is 10.5 Å². The second-order valence-electron chi connectivity index (χ2n) is 6.61. The van der Waals surface area contributed by atoms with E-state index < -0.39 is 0 Å². The zero-order chi connectivity index (χ0) is 15.2. The van der Waals surface area contributed by atoms with Crippen LogP contribution in [0.1, 0.15) is 59.3 Å². The summed E-state index contributed by atoms with van der Waals surface area (Å²) in [6, 6.07) is 6.54. The van der Waals surface area contributed by atoms with E-state index in [1.54, 1.807) is 0 Å². The van der Waals surface area contributed by atoms with Crippen LogP contribution in [-0.4, -0.2) is 12.1 Å². The van der Waals surface area contributed by atoms with Crippen LogP contribution in [0.25, 0.3) is 0 Å². The number of hydrogen-bond donors (Lipinski definition) is 2. The lowest BCUT2D eigenvalue weighted by Gasteiger charge is -2.29. The van der Waals surface area contributed by atoms with Crippen LogP contribution in [-0.2, 0) is 0 Å². The van der Waals surface area contributed by atoms with Crippen molar-refractivity contribution in [2.75, 3.05) is 11.1 Å². The van der Waals surface area contributed by atoms with Gasteiger partial charge in [-0.3, -0.25) is 0 Å². The first-order valence-electron chi connectivity index (χ1n) is 8.40. The summed E-state index contributed by atoms with van der Waals surface area (Å²) in [5.74, 6) is 1.79. The predicted octanol–water partition coefficient (Wildman–Crippen LogP) is 4.83. The van der Waals surface area contributed by atoms with E-state index >= 15 is 0 Å². The first-order chi connectivity index (χ1) is 10.1. The van der Waals surface area contributed by atoms with Crippen molar-refractivity contribution in [1.29, 1.82) is 0 Å². The van der Waals surface area contributed by atoms with Crippen molar-refractivity contribution in [3.63, 3.8) is 0 Å². The van der Waals surface area contributed by atoms with Gasteiger partial charge in [0.25, 0.3) is 0 Å². The van der Waals surface area contributed by atoms with E-state index in [2.05, 4.69) is 18.3 Å². The number of ether oxygens (including phenoxy) is 1. The summed E-state index contributed by atoms with van der Waals surface area (Å²) < 4.78 is 5.75. The van der Waals surface area contributed by atoms with Crippen molar-refractivity contribution in [2.45, 2.75) is 71.4 Å². The molecule has 3 nitrogen and oxygen atoms in total. The third kappa shape index (κ3) is 5.14. The highest BCUT2D eigenvalue weighted by molar-refractivity contribution is 5.59. The number of rotatable bonds is 6. The van der Waals surface area contributed by atoms with Crippen molar-refractivity contribution in [2.24, 2.45) is 5.92 Å². The largest absolute Gasteiger partial charge is 0.491 e. The first-order valence-corrected chi connectivity index (χ1v) is 8.40. The predicted molar refractivity (Wildman–Crippen MR) is 90.9 cm³/mol. The van der Waals surface area contributed by atoms with Gasteiger partial charge >= 0.3 is 0 Å². The van der Waals surface area contributed by atoms with E-state index in [9.17, 15) is 0 Å². The lowest BCUT2D eigenvalue weighted by molar-refractivity contribution is 0.242. The Balaban J connectivity index is 1.92. The third-order valence-electron chi connectivity index (χ3n) is 4.22. The van der Waals surface area contributed by atoms with Crippen LogP contribution < -0.4 is 15.8 Å². The Kier molecular flexibility index (Phi) is 5.77. The van der Waals surface area contributed by atoms with Gasteiger partial charge in [-0.15, -0.1) is 0 Å². The Morgan fingerprint density at radius 3 is 2.52 bits per heavy atom. The monoisotopic (exact) mass is 290 g/mol. The number of nitrogens with one attached hydrogen (secondary N) is 1. The highest BCUT2D eigenvalue weighted by Crippen LogP contribution is 2.31. The molecule has 2 rings (SSSR count). The van der Waals surface area contributed by atoms with Crippen LogP contribution >= 0.6 is 0 Å². The Bertz CT molecular complexity index is 437. The molecule has 0 aromatic heterocycles. The molecule has 0 bridgehead atoms. The molecule has 0 atom stereocenters. The minimum atomic E-state index is 0.170. The fourth-order valence-corrected chi connectivity index (χ4v) is 3.29. The molecule has 0 saturated heterocycles. The zero-order valence-corrected chi connectivity index (χ0v) is 13.7. The topological polar surface area (TPSA) is 47.3 Å². The van der Waals surface area contributed by atoms with E-state index in [1.807, 2.05) is 26.0 Å². The van der Waals surface area contributed by atoms with E-state index in [1.165, 1.54) is 38.5 Å². The molecule has 1 aliphatic rings. The summed E-state index contributed by atoms with van der Waals surface area (Å²) in [5, 5.41) is 3.64. The number of hydrogen-bond acceptors (Lipinski definition) is 3. The van der Waals surface area contributed by atoms with E-state index in [0.717, 1.165) is 23.0 Å². The standard InChI is InChI=1S/C18H30N2O/c1-4-5-14-6-8-16(9-7-14)20-17-10-15(19)11-18(12-17)21-13(2)3/h10-14,16,20H,4-9,19H2,1-3H3. The van der Waals surface area contributed by atoms with Gasteiger partial charge in [-0.05, 0) is 51.5 Å². The Hall–Kier alpha value is -1.38. The lowest BCUT2D eigenvalue weighted by atomic mass is 9.83. The minimum absolute atomic E-state index is 0.170. The molecule has 1 aromatic rings. The van der Waals surface area contributed by atoms with Crippen LogP contribution in [0.2, 0.25) is 0 Å². The molecule has 0 amide bonds. The van der Waals surface area contributed by atoms with Gasteiger partial charge in [0, 0.05) is 29.5 Å². The molecular weight excluding hydrogens is 260 g/mol. The van der Waals surface area contributed by atoms with Gasteiger partial charge in [-0.25, -0.2) is 0 Å². The lowest BCUT2D eigenvalue weighted by Crippen LogP contribution is -2.26. The number of nitrogen functional groups attached to an aromatic ring is 1. The first kappa shape index (κ1) is 16.0. The van der Waals surface area contributed by atoms with Crippen LogP contribution in [0.3, 0.4) is 0 Å². The molecule has 0 spiro atoms. The van der Waals surface area contributed by atoms with Crippen LogP contribution in [0, 0.1) is 5.92 Å². The van der Waals surface area contributed by atoms with Crippen LogP contribution in [0.15, 0.2) is 18.2 Å². The molecule has 3 heteroatoms. The molecule has 1 aliphatic carbocycles. The number of benzene rings is 1. The minimum Gasteiger partial charge on any atom is -0.491 e. The fourth-order valence-electron chi connectivity index (χ4n) is 3.29. The van der Waals surface area contributed by atoms with Crippen LogP contribution in [0.4, 0.5) is 11.4 Å². The SMILES string of the molecule is CCCC1CCC(Nc2cc(N)cc(OC(C)C)c2)CC1. The van der Waals surface area contributed by atoms with Crippen LogP contribution in [0.5, 0.6) is 5.75 Å². The molecule has 1 fully saturated rings. The summed E-state index contributed by atoms with van der Waals surface area (Å²) in [7, 11) is 0. The van der Waals surface area contributed by atoms with Crippen molar-refractivity contribution in [1.82, 2.24) is 0 Å². The second-order valence-corrected chi connectivity index (χ2v) is 6.61. The Morgan fingerprint density at radius 2 is 1.90 bits per heavy atom. The molecule has 3 N–H and O–H groups in total. The average Bonchev–Trinajstić information content (AvgIpc) is 2.40. The van der Waals surface area contributed by atoms with Gasteiger partial charge in [-0.1, -0.05) is 19.8 Å². The zero-order valence-electron chi connectivity index (χ0n) is 13.7. The van der Waals surface area contributed by atoms with Gasteiger partial charge in [0.05, 0.1) is 6.10 Å². The van der Waals surface area contributed by atoms with E-state index in [0.29, 0.717) is 6.04 Å². The maximum Gasteiger partial charge on any atom is 0.123 e. The normalized spacial score (nSPS) is 22.3. The highest BCUT2D eigenvalue weighted by Gasteiger charge is 2.20. The number of nitrogens with two attached hydrogens (primary N) is 1. The molecule has 0 heterocycles. The summed E-state index contributed by atoms with van der Waals surface area (Å²) in [4.78, 5) is 0. The highest BCUT2D eigenvalue weighted by atomic mass is 16.5. The third-order valence-corrected chi connectivity index (χ3v) is 4.22. The number of anilines is 2. The van der Waals surface area contributed by atoms with Crippen molar-refractivity contribution in [3.05, 3.63) is 18.2 Å². The average molecular weight is 290 g/mol. The Labute approximate surface area is 129 Å². The summed E-state index contributed by atoms with van der Waals surface area (Å²) in [5.41, 5.74) is 7.83. The second kappa shape index (κ2) is 7.58. The van der Waals surface area contributed by atoms with Crippen molar-refractivity contribution >= 4 is 11.4 Å². The molecule has 118 valence electrons. The molecule has 0 radical (unpaired) electrons. The van der Waals surface area contributed by atoms with Gasteiger partial charge in [0.1, 0.15) is 5.75 Å². The molecule has 1 aromatic carbocycles. The van der Waals surface area contributed by atoms with E-state index in [-0.39, 0.29) is 6.10 Å². The van der Waals surface area contributed by atoms with Gasteiger partial charge in [0.2, 0.25) is 0 Å². The molecule has 0 unspecified atom stereocenters.